The van der Waals surface area contributed by atoms with Gasteiger partial charge in [0.2, 0.25) is 0 Å². The number of pyridine rings is 2. The van der Waals surface area contributed by atoms with Gasteiger partial charge in [-0.05, 0) is 36.1 Å². The summed E-state index contributed by atoms with van der Waals surface area (Å²) < 4.78 is 0. The zero-order chi connectivity index (χ0) is 22.5. The molecule has 0 aliphatic carbocycles. The molecular formula is C25H26N6O. The molecule has 0 saturated heterocycles. The topological polar surface area (TPSA) is 92.7 Å². The molecular weight excluding hydrogens is 400 g/mol. The number of anilines is 1. The monoisotopic (exact) mass is 426 g/mol. The SMILES string of the molecule is CNC(=O)c1ccnc2c(CCNc3cc(-c4ccc(C(C)C)nc4)ncn3)cccc12. The molecule has 0 radical (unpaired) electrons. The van der Waals surface area contributed by atoms with E-state index >= 15 is 0 Å². The number of rotatable bonds is 7. The average molecular weight is 427 g/mol. The van der Waals surface area contributed by atoms with Gasteiger partial charge >= 0.3 is 0 Å². The van der Waals surface area contributed by atoms with Gasteiger partial charge in [-0.1, -0.05) is 32.0 Å². The van der Waals surface area contributed by atoms with E-state index in [4.69, 9.17) is 0 Å². The van der Waals surface area contributed by atoms with Crippen molar-refractivity contribution in [3.8, 4) is 11.3 Å². The number of para-hydroxylation sites is 1. The van der Waals surface area contributed by atoms with Gasteiger partial charge in [-0.3, -0.25) is 14.8 Å². The van der Waals surface area contributed by atoms with E-state index in [1.165, 1.54) is 0 Å². The van der Waals surface area contributed by atoms with Crippen molar-refractivity contribution in [3.63, 3.8) is 0 Å². The lowest BCUT2D eigenvalue weighted by atomic mass is 10.0. The summed E-state index contributed by atoms with van der Waals surface area (Å²) in [5.41, 5.74) is 5.39. The van der Waals surface area contributed by atoms with E-state index in [1.807, 2.05) is 42.6 Å². The van der Waals surface area contributed by atoms with Crippen LogP contribution in [0, 0.1) is 0 Å². The zero-order valence-corrected chi connectivity index (χ0v) is 18.5. The first kappa shape index (κ1) is 21.4. The fourth-order valence-corrected chi connectivity index (χ4v) is 3.61. The molecule has 4 rings (SSSR count). The van der Waals surface area contributed by atoms with Crippen molar-refractivity contribution in [2.75, 3.05) is 18.9 Å². The molecule has 7 nitrogen and oxygen atoms in total. The van der Waals surface area contributed by atoms with Crippen molar-refractivity contribution in [2.24, 2.45) is 0 Å². The van der Waals surface area contributed by atoms with Gasteiger partial charge < -0.3 is 10.6 Å². The summed E-state index contributed by atoms with van der Waals surface area (Å²) in [7, 11) is 1.63. The molecule has 162 valence electrons. The van der Waals surface area contributed by atoms with Gasteiger partial charge in [-0.15, -0.1) is 0 Å². The van der Waals surface area contributed by atoms with E-state index in [-0.39, 0.29) is 5.91 Å². The Balaban J connectivity index is 1.48. The minimum atomic E-state index is -0.114. The van der Waals surface area contributed by atoms with E-state index in [1.54, 1.807) is 25.6 Å². The smallest absolute Gasteiger partial charge is 0.251 e. The molecule has 1 aromatic carbocycles. The number of nitrogens with zero attached hydrogens (tertiary/aromatic N) is 4. The number of carbonyl (C=O) groups is 1. The standard InChI is InChI=1S/C25H26N6O/c1-16(2)21-8-7-18(14-29-21)22-13-23(31-15-30-22)27-11-9-17-5-4-6-19-20(25(32)26-3)10-12-28-24(17)19/h4-8,10,12-16H,9,11H2,1-3H3,(H,26,32)(H,27,30,31). The predicted molar refractivity (Wildman–Crippen MR) is 127 cm³/mol. The number of fused-ring (bicyclic) bond motifs is 1. The summed E-state index contributed by atoms with van der Waals surface area (Å²) in [5.74, 6) is 1.03. The van der Waals surface area contributed by atoms with Crippen LogP contribution in [0.15, 0.2) is 61.2 Å². The highest BCUT2D eigenvalue weighted by Crippen LogP contribution is 2.22. The molecule has 0 bridgehead atoms. The molecule has 0 aliphatic rings. The number of benzene rings is 1. The highest BCUT2D eigenvalue weighted by atomic mass is 16.1. The van der Waals surface area contributed by atoms with E-state index in [0.29, 0.717) is 18.0 Å². The second-order valence-electron chi connectivity index (χ2n) is 7.84. The molecule has 0 aliphatic heterocycles. The van der Waals surface area contributed by atoms with Gasteiger partial charge in [-0.2, -0.15) is 0 Å². The lowest BCUT2D eigenvalue weighted by Crippen LogP contribution is -2.18. The van der Waals surface area contributed by atoms with Crippen molar-refractivity contribution in [3.05, 3.63) is 78.0 Å². The lowest BCUT2D eigenvalue weighted by molar-refractivity contribution is 0.0964. The van der Waals surface area contributed by atoms with Gasteiger partial charge in [0, 0.05) is 48.7 Å². The lowest BCUT2D eigenvalue weighted by Gasteiger charge is -2.11. The normalized spacial score (nSPS) is 11.0. The van der Waals surface area contributed by atoms with E-state index in [2.05, 4.69) is 44.4 Å². The second-order valence-corrected chi connectivity index (χ2v) is 7.84. The van der Waals surface area contributed by atoms with Crippen molar-refractivity contribution in [1.82, 2.24) is 25.3 Å². The maximum atomic E-state index is 12.2. The van der Waals surface area contributed by atoms with Crippen LogP contribution in [0.3, 0.4) is 0 Å². The maximum absolute atomic E-state index is 12.2. The Bertz CT molecular complexity index is 1240. The van der Waals surface area contributed by atoms with Crippen molar-refractivity contribution < 1.29 is 4.79 Å². The van der Waals surface area contributed by atoms with Crippen LogP contribution < -0.4 is 10.6 Å². The quantitative estimate of drug-likeness (QED) is 0.460. The molecule has 32 heavy (non-hydrogen) atoms. The Kier molecular flexibility index (Phi) is 6.35. The third kappa shape index (κ3) is 4.56. The minimum absolute atomic E-state index is 0.114. The van der Waals surface area contributed by atoms with Gasteiger partial charge in [0.15, 0.2) is 0 Å². The first-order valence-electron chi connectivity index (χ1n) is 10.7. The number of aromatic nitrogens is 4. The Morgan fingerprint density at radius 3 is 2.66 bits per heavy atom. The van der Waals surface area contributed by atoms with Gasteiger partial charge in [0.05, 0.1) is 16.8 Å². The second kappa shape index (κ2) is 9.51. The van der Waals surface area contributed by atoms with Crippen molar-refractivity contribution in [1.29, 1.82) is 0 Å². The van der Waals surface area contributed by atoms with Crippen LogP contribution in [0.5, 0.6) is 0 Å². The molecule has 3 aromatic heterocycles. The highest BCUT2D eigenvalue weighted by molar-refractivity contribution is 6.06. The van der Waals surface area contributed by atoms with Gasteiger partial charge in [0.25, 0.3) is 5.91 Å². The predicted octanol–water partition coefficient (Wildman–Crippen LogP) is 4.22. The molecule has 0 spiro atoms. The molecule has 7 heteroatoms. The Labute approximate surface area is 187 Å². The van der Waals surface area contributed by atoms with E-state index in [9.17, 15) is 4.79 Å². The molecule has 4 aromatic rings. The van der Waals surface area contributed by atoms with Crippen molar-refractivity contribution >= 4 is 22.6 Å². The Hall–Kier alpha value is -3.87. The summed E-state index contributed by atoms with van der Waals surface area (Å²) in [6, 6.07) is 13.7. The minimum Gasteiger partial charge on any atom is -0.370 e. The number of nitrogens with one attached hydrogen (secondary N) is 2. The largest absolute Gasteiger partial charge is 0.370 e. The molecule has 2 N–H and O–H groups in total. The van der Waals surface area contributed by atoms with Crippen LogP contribution in [0.2, 0.25) is 0 Å². The van der Waals surface area contributed by atoms with Gasteiger partial charge in [-0.25, -0.2) is 9.97 Å². The van der Waals surface area contributed by atoms with E-state index < -0.39 is 0 Å². The zero-order valence-electron chi connectivity index (χ0n) is 18.5. The van der Waals surface area contributed by atoms with Crippen LogP contribution in [0.25, 0.3) is 22.2 Å². The highest BCUT2D eigenvalue weighted by Gasteiger charge is 2.11. The number of amides is 1. The average Bonchev–Trinajstić information content (AvgIpc) is 2.83. The third-order valence-electron chi connectivity index (χ3n) is 5.37. The first-order valence-corrected chi connectivity index (χ1v) is 10.7. The van der Waals surface area contributed by atoms with Crippen LogP contribution in [0.4, 0.5) is 5.82 Å². The molecule has 0 fully saturated rings. The number of hydrogen-bond acceptors (Lipinski definition) is 6. The Morgan fingerprint density at radius 2 is 1.91 bits per heavy atom. The maximum Gasteiger partial charge on any atom is 0.251 e. The fraction of sp³-hybridized carbons (Fsp3) is 0.240. The summed E-state index contributed by atoms with van der Waals surface area (Å²) in [6.07, 6.45) is 5.83. The summed E-state index contributed by atoms with van der Waals surface area (Å²) in [5, 5.41) is 6.91. The molecule has 0 saturated carbocycles. The van der Waals surface area contributed by atoms with Crippen molar-refractivity contribution in [2.45, 2.75) is 26.2 Å². The van der Waals surface area contributed by atoms with Crippen LogP contribution in [-0.2, 0) is 6.42 Å². The Morgan fingerprint density at radius 1 is 1.03 bits per heavy atom. The summed E-state index contributed by atoms with van der Waals surface area (Å²) in [4.78, 5) is 29.9. The van der Waals surface area contributed by atoms with Crippen LogP contribution in [-0.4, -0.2) is 39.4 Å². The molecule has 0 unspecified atom stereocenters. The number of carbonyl (C=O) groups excluding carboxylic acids is 1. The van der Waals surface area contributed by atoms with Crippen LogP contribution in [0.1, 0.15) is 41.4 Å². The molecule has 3 heterocycles. The first-order chi connectivity index (χ1) is 15.6. The third-order valence-corrected chi connectivity index (χ3v) is 5.37. The molecule has 1 amide bonds. The molecule has 0 atom stereocenters. The summed E-state index contributed by atoms with van der Waals surface area (Å²) >= 11 is 0. The fourth-order valence-electron chi connectivity index (χ4n) is 3.61. The summed E-state index contributed by atoms with van der Waals surface area (Å²) in [6.45, 7) is 4.92. The van der Waals surface area contributed by atoms with E-state index in [0.717, 1.165) is 45.7 Å². The number of hydrogen-bond donors (Lipinski definition) is 2. The van der Waals surface area contributed by atoms with Gasteiger partial charge in [0.1, 0.15) is 12.1 Å². The van der Waals surface area contributed by atoms with Crippen LogP contribution >= 0.6 is 0 Å².